The fraction of sp³-hybridized carbons (Fsp3) is 0.805. The summed E-state index contributed by atoms with van der Waals surface area (Å²) < 4.78 is 0. The number of aliphatic carboxylic acids is 1. The maximum atomic E-state index is 10.2. The molecular formula is C41H65N8O3Zn-. The van der Waals surface area contributed by atoms with Crippen molar-refractivity contribution in [2.45, 2.75) is 158 Å². The molecule has 4 aliphatic carbocycles. The first-order chi connectivity index (χ1) is 25.5. The van der Waals surface area contributed by atoms with E-state index in [0.717, 1.165) is 41.1 Å². The molecule has 1 aromatic rings. The Bertz CT molecular complexity index is 1170. The van der Waals surface area contributed by atoms with Crippen LogP contribution in [0.15, 0.2) is 24.3 Å². The smallest absolute Gasteiger partial charge is 0.303 e. The van der Waals surface area contributed by atoms with E-state index in [0.29, 0.717) is 67.6 Å². The molecule has 9 aliphatic rings. The van der Waals surface area contributed by atoms with Crippen LogP contribution in [-0.2, 0) is 30.7 Å². The third kappa shape index (κ3) is 8.15. The second kappa shape index (κ2) is 17.1. The number of aryl methyl sites for hydroxylation is 1. The van der Waals surface area contributed by atoms with Crippen molar-refractivity contribution in [3.05, 3.63) is 36.2 Å². The maximum absolute atomic E-state index is 10.2. The maximum Gasteiger partial charge on any atom is 0.303 e. The summed E-state index contributed by atoms with van der Waals surface area (Å²) in [5.74, 6) is 5.14. The fourth-order valence-corrected chi connectivity index (χ4v) is 12.7. The topological polar surface area (TPSA) is 154 Å². The zero-order valence-electron chi connectivity index (χ0n) is 31.7. The van der Waals surface area contributed by atoms with E-state index >= 15 is 0 Å². The Kier molecular flexibility index (Phi) is 12.5. The first-order valence-corrected chi connectivity index (χ1v) is 21.4. The number of fused-ring (bicyclic) bond motifs is 20. The van der Waals surface area contributed by atoms with Crippen LogP contribution in [0.2, 0.25) is 0 Å². The number of phenols is 1. The van der Waals surface area contributed by atoms with Crippen molar-refractivity contribution in [2.75, 3.05) is 0 Å². The molecule has 10 rings (SSSR count). The van der Waals surface area contributed by atoms with E-state index in [1.54, 1.807) is 24.3 Å². The zero-order valence-corrected chi connectivity index (χ0v) is 34.6. The first-order valence-electron chi connectivity index (χ1n) is 21.4. The van der Waals surface area contributed by atoms with Crippen molar-refractivity contribution in [3.63, 3.8) is 0 Å². The summed E-state index contributed by atoms with van der Waals surface area (Å²) in [4.78, 5) is 10.2. The average Bonchev–Trinajstić information content (AvgIpc) is 3.91. The van der Waals surface area contributed by atoms with Gasteiger partial charge in [0.1, 0.15) is 5.75 Å². The standard InChI is InChI=1S/C32H55N8.C9H10O3.Zn/c1-2-10-18-17(9-1)25-33-26(18)38-28-21-13-5-6-14-22(21)30(35-28)40-32-24-16-8-7-15-23(24)31(36-32)39-29-20-12-4-3-11-19(20)27(34-29)37-25;10-8-4-1-7(2-5-8)3-6-9(11)12;/h9,17-40H,1-8,10-16H2;1-2,4-5,10H,3,6H2,(H,11,12);/q-1;;. The molecule has 5 aliphatic heterocycles. The van der Waals surface area contributed by atoms with Crippen LogP contribution >= 0.6 is 0 Å². The largest absolute Gasteiger partial charge is 0.508 e. The Morgan fingerprint density at radius 2 is 0.868 bits per heavy atom. The normalized spacial score (nSPS) is 45.7. The molecule has 290 valence electrons. The Morgan fingerprint density at radius 1 is 0.528 bits per heavy atom. The predicted molar refractivity (Wildman–Crippen MR) is 201 cm³/mol. The molecule has 5 saturated heterocycles. The number of carboxylic acids is 1. The van der Waals surface area contributed by atoms with Crippen LogP contribution in [0.5, 0.6) is 5.75 Å². The third-order valence-corrected chi connectivity index (χ3v) is 15.1. The van der Waals surface area contributed by atoms with E-state index in [9.17, 15) is 4.79 Å². The van der Waals surface area contributed by atoms with E-state index in [2.05, 4.69) is 49.0 Å². The van der Waals surface area contributed by atoms with Gasteiger partial charge < -0.3 is 16.6 Å². The van der Waals surface area contributed by atoms with Gasteiger partial charge in [-0.2, -0.15) is 6.42 Å². The minimum atomic E-state index is -0.803. The van der Waals surface area contributed by atoms with Crippen LogP contribution < -0.4 is 42.5 Å². The molecular weight excluding hydrogens is 718 g/mol. The fourth-order valence-electron chi connectivity index (χ4n) is 12.7. The van der Waals surface area contributed by atoms with Crippen molar-refractivity contribution >= 4 is 5.97 Å². The molecule has 1 aromatic carbocycles. The minimum absolute atomic E-state index is 0. The number of benzene rings is 1. The molecule has 0 spiro atoms. The minimum Gasteiger partial charge on any atom is -0.508 e. The monoisotopic (exact) mass is 781 g/mol. The molecule has 9 fully saturated rings. The number of aromatic hydroxyl groups is 1. The second-order valence-corrected chi connectivity index (χ2v) is 18.0. The van der Waals surface area contributed by atoms with Crippen LogP contribution in [0, 0.1) is 53.8 Å². The third-order valence-electron chi connectivity index (χ3n) is 15.1. The quantitative estimate of drug-likeness (QED) is 0.161. The molecule has 0 radical (unpaired) electrons. The summed E-state index contributed by atoms with van der Waals surface area (Å²) in [7, 11) is 0. The van der Waals surface area contributed by atoms with E-state index in [-0.39, 0.29) is 31.6 Å². The van der Waals surface area contributed by atoms with Crippen LogP contribution in [0.25, 0.3) is 0 Å². The van der Waals surface area contributed by atoms with Gasteiger partial charge in [0.2, 0.25) is 0 Å². The van der Waals surface area contributed by atoms with E-state index < -0.39 is 5.97 Å². The summed E-state index contributed by atoms with van der Waals surface area (Å²) in [5.41, 5.74) is 0.926. The zero-order chi connectivity index (χ0) is 35.2. The van der Waals surface area contributed by atoms with Gasteiger partial charge in [-0.15, -0.1) is 5.92 Å². The summed E-state index contributed by atoms with van der Waals surface area (Å²) >= 11 is 0. The summed E-state index contributed by atoms with van der Waals surface area (Å²) in [6.45, 7) is 0. The Hall–Kier alpha value is -1.21. The molecule has 16 atom stereocenters. The van der Waals surface area contributed by atoms with Gasteiger partial charge in [0, 0.05) is 32.1 Å². The Labute approximate surface area is 329 Å². The number of carboxylic acid groups (broad SMARTS) is 1. The molecule has 4 saturated carbocycles. The summed E-state index contributed by atoms with van der Waals surface area (Å²) in [5, 5.41) is 51.0. The molecule has 12 heteroatoms. The van der Waals surface area contributed by atoms with Crippen LogP contribution in [0.4, 0.5) is 0 Å². The Balaban J connectivity index is 0.000000266. The second-order valence-electron chi connectivity index (χ2n) is 18.0. The number of hydrogen-bond donors (Lipinski definition) is 10. The molecule has 0 amide bonds. The van der Waals surface area contributed by atoms with Gasteiger partial charge in [-0.3, -0.25) is 47.3 Å². The molecule has 16 unspecified atom stereocenters. The molecule has 10 N–H and O–H groups in total. The summed E-state index contributed by atoms with van der Waals surface area (Å²) in [6, 6.07) is 6.55. The van der Waals surface area contributed by atoms with Gasteiger partial charge in [-0.05, 0) is 104 Å². The van der Waals surface area contributed by atoms with Gasteiger partial charge in [-0.25, -0.2) is 0 Å². The van der Waals surface area contributed by atoms with E-state index in [1.807, 2.05) is 0 Å². The average molecular weight is 783 g/mol. The molecule has 0 aromatic heterocycles. The van der Waals surface area contributed by atoms with Crippen molar-refractivity contribution in [2.24, 2.45) is 47.3 Å². The number of phenolic OH excluding ortho intramolecular Hbond substituents is 1. The van der Waals surface area contributed by atoms with Gasteiger partial charge in [0.25, 0.3) is 0 Å². The van der Waals surface area contributed by atoms with Gasteiger partial charge in [-0.1, -0.05) is 63.5 Å². The van der Waals surface area contributed by atoms with Crippen molar-refractivity contribution in [3.8, 4) is 5.75 Å². The summed E-state index contributed by atoms with van der Waals surface area (Å²) in [6.07, 6.45) is 27.1. The van der Waals surface area contributed by atoms with Crippen LogP contribution in [0.1, 0.15) is 108 Å². The van der Waals surface area contributed by atoms with Crippen LogP contribution in [-0.4, -0.2) is 65.5 Å². The van der Waals surface area contributed by atoms with Crippen molar-refractivity contribution in [1.29, 1.82) is 0 Å². The molecule has 53 heavy (non-hydrogen) atoms. The van der Waals surface area contributed by atoms with Crippen LogP contribution in [0.3, 0.4) is 0 Å². The van der Waals surface area contributed by atoms with E-state index in [1.165, 1.54) is 96.3 Å². The van der Waals surface area contributed by atoms with Gasteiger partial charge in [0.15, 0.2) is 0 Å². The molecule has 11 nitrogen and oxygen atoms in total. The SMILES string of the molecule is O=C(O)CCc1ccc(O)cc1.[CH-]1CCCC2C3NC(NC4NC(NC5NC(NC6NC(N3)C3CCCCC63)C3CCCCC53)C3CCCCC43)C12.[Zn]. The van der Waals surface area contributed by atoms with Gasteiger partial charge >= 0.3 is 5.97 Å². The van der Waals surface area contributed by atoms with Crippen molar-refractivity contribution < 1.29 is 34.5 Å². The molecule has 5 heterocycles. The van der Waals surface area contributed by atoms with E-state index in [4.69, 9.17) is 10.2 Å². The Morgan fingerprint density at radius 3 is 1.25 bits per heavy atom. The van der Waals surface area contributed by atoms with Gasteiger partial charge in [0.05, 0.1) is 43.2 Å². The number of nitrogens with one attached hydrogen (secondary N) is 8. The predicted octanol–water partition coefficient (Wildman–Crippen LogP) is 3.83. The first kappa shape index (κ1) is 38.7. The number of rotatable bonds is 3. The number of carbonyl (C=O) groups is 1. The van der Waals surface area contributed by atoms with Crippen molar-refractivity contribution in [1.82, 2.24) is 42.5 Å². The number of hydrogen-bond acceptors (Lipinski definition) is 10. The molecule has 8 bridgehead atoms.